The molecule has 0 spiro atoms. The fourth-order valence-corrected chi connectivity index (χ4v) is 6.12. The van der Waals surface area contributed by atoms with E-state index < -0.39 is 0 Å². The third kappa shape index (κ3) is 11.9. The van der Waals surface area contributed by atoms with Gasteiger partial charge in [-0.1, -0.05) is 20.8 Å². The zero-order chi connectivity index (χ0) is 23.7. The molecule has 0 aromatic rings. The first kappa shape index (κ1) is 28.6. The Kier molecular flexibility index (Phi) is 12.3. The molecule has 0 saturated heterocycles. The number of hydrogen-bond donors (Lipinski definition) is 2. The first-order valence-corrected chi connectivity index (χ1v) is 13.3. The van der Waals surface area contributed by atoms with Gasteiger partial charge in [0.25, 0.3) is 0 Å². The van der Waals surface area contributed by atoms with Crippen LogP contribution in [0, 0.1) is 5.41 Å². The van der Waals surface area contributed by atoms with Crippen LogP contribution in [0.5, 0.6) is 0 Å². The molecule has 0 aromatic carbocycles. The van der Waals surface area contributed by atoms with Gasteiger partial charge in [0.15, 0.2) is 0 Å². The van der Waals surface area contributed by atoms with Crippen molar-refractivity contribution in [3.8, 4) is 0 Å². The third-order valence-electron chi connectivity index (χ3n) is 5.20. The van der Waals surface area contributed by atoms with Crippen LogP contribution in [0.4, 0.5) is 0 Å². The average molecular weight is 465 g/mol. The predicted octanol–water partition coefficient (Wildman–Crippen LogP) is 2.96. The summed E-state index contributed by atoms with van der Waals surface area (Å²) in [4.78, 5) is 36.2. The van der Waals surface area contributed by atoms with Gasteiger partial charge >= 0.3 is 0 Å². The average Bonchev–Trinajstić information content (AvgIpc) is 2.63. The van der Waals surface area contributed by atoms with Crippen LogP contribution in [0.1, 0.15) is 73.6 Å². The van der Waals surface area contributed by atoms with E-state index in [4.69, 9.17) is 7.74 Å². The second kappa shape index (κ2) is 13.3. The highest BCUT2D eigenvalue weighted by molar-refractivity contribution is 8.04. The molecule has 1 amide bonds. The minimum Gasteiger partial charge on any atom is -0.355 e. The Morgan fingerprint density at radius 3 is 2.06 bits per heavy atom. The summed E-state index contributed by atoms with van der Waals surface area (Å²) in [7, 11) is 6.54. The predicted molar refractivity (Wildman–Crippen MR) is 136 cm³/mol. The monoisotopic (exact) mass is 465 g/mol. The Balaban J connectivity index is 2.19. The number of carbonyl (C=O) groups excluding carboxylic acids is 3. The summed E-state index contributed by atoms with van der Waals surface area (Å²) in [6, 6.07) is -0.283. The second-order valence-corrected chi connectivity index (χ2v) is 12.8. The minimum absolute atomic E-state index is 0.0575. The van der Waals surface area contributed by atoms with E-state index in [9.17, 15) is 14.4 Å². The van der Waals surface area contributed by atoms with E-state index in [1.54, 1.807) is 23.5 Å². The Morgan fingerprint density at radius 1 is 1.00 bits per heavy atom. The number of carbonyl (C=O) groups is 3. The van der Waals surface area contributed by atoms with Crippen molar-refractivity contribution in [3.63, 3.8) is 0 Å². The molecule has 5 nitrogen and oxygen atoms in total. The molecular formula is C22H39B2N2O3S2. The quantitative estimate of drug-likeness (QED) is 0.304. The number of nitrogens with one attached hydrogen (secondary N) is 2. The van der Waals surface area contributed by atoms with Gasteiger partial charge in [0.1, 0.15) is 13.0 Å². The smallest absolute Gasteiger partial charge is 0.230 e. The summed E-state index contributed by atoms with van der Waals surface area (Å²) in [6.07, 6.45) is 4.61. The van der Waals surface area contributed by atoms with Gasteiger partial charge in [0, 0.05) is 35.7 Å². The van der Waals surface area contributed by atoms with E-state index in [1.807, 2.05) is 41.5 Å². The van der Waals surface area contributed by atoms with Gasteiger partial charge in [0.05, 0.1) is 23.2 Å². The lowest BCUT2D eigenvalue weighted by Gasteiger charge is -2.35. The van der Waals surface area contributed by atoms with Gasteiger partial charge in [-0.05, 0) is 52.9 Å². The number of Topliss-reactive ketones (excluding diaryl/α,β-unsaturated/α-hetero) is 1. The van der Waals surface area contributed by atoms with Crippen LogP contribution in [0.3, 0.4) is 0 Å². The number of thioether (sulfide) groups is 2. The molecule has 3 radical (unpaired) electrons. The van der Waals surface area contributed by atoms with Crippen LogP contribution in [0.25, 0.3) is 0 Å². The van der Waals surface area contributed by atoms with Crippen molar-refractivity contribution in [2.75, 3.05) is 18.1 Å². The van der Waals surface area contributed by atoms with Crippen LogP contribution in [0.2, 0.25) is 0 Å². The molecule has 2 N–H and O–H groups in total. The van der Waals surface area contributed by atoms with Gasteiger partial charge in [0.2, 0.25) is 5.91 Å². The summed E-state index contributed by atoms with van der Waals surface area (Å²) >= 11 is 3.45. The van der Waals surface area contributed by atoms with Crippen molar-refractivity contribution in [2.45, 2.75) is 95.7 Å². The maximum Gasteiger partial charge on any atom is 0.230 e. The highest BCUT2D eigenvalue weighted by atomic mass is 32.2. The van der Waals surface area contributed by atoms with Gasteiger partial charge in [-0.3, -0.25) is 9.59 Å². The fraction of sp³-hybridized carbons (Fsp3) is 0.864. The highest BCUT2D eigenvalue weighted by Crippen LogP contribution is 2.40. The zero-order valence-electron chi connectivity index (χ0n) is 20.1. The summed E-state index contributed by atoms with van der Waals surface area (Å²) < 4.78 is 0. The molecule has 0 aromatic heterocycles. The molecule has 173 valence electrons. The Bertz CT molecular complexity index is 607. The summed E-state index contributed by atoms with van der Waals surface area (Å²) in [5.41, 5.74) is -0.530. The SMILES string of the molecule is [B][B]C(=O)[C@H](CCCCNC(=O)CSC1CCC1SCC(=O)C(C)(C)C)NC(C)(C)C. The molecule has 3 atom stereocenters. The Hall–Kier alpha value is -0.400. The highest BCUT2D eigenvalue weighted by Gasteiger charge is 2.33. The zero-order valence-corrected chi connectivity index (χ0v) is 21.7. The van der Waals surface area contributed by atoms with Crippen molar-refractivity contribution in [3.05, 3.63) is 0 Å². The van der Waals surface area contributed by atoms with E-state index in [-0.39, 0.29) is 34.4 Å². The topological polar surface area (TPSA) is 75.3 Å². The molecule has 2 unspecified atom stereocenters. The molecule has 9 heteroatoms. The lowest BCUT2D eigenvalue weighted by Crippen LogP contribution is -2.49. The molecule has 1 aliphatic rings. The van der Waals surface area contributed by atoms with Crippen molar-refractivity contribution in [2.24, 2.45) is 5.41 Å². The lowest BCUT2D eigenvalue weighted by molar-refractivity contribution is -0.123. The molecule has 0 heterocycles. The van der Waals surface area contributed by atoms with Gasteiger partial charge in [-0.15, -0.1) is 23.5 Å². The maximum atomic E-state index is 12.2. The largest absolute Gasteiger partial charge is 0.355 e. The second-order valence-electron chi connectivity index (χ2n) is 10.3. The van der Waals surface area contributed by atoms with Crippen molar-refractivity contribution in [1.82, 2.24) is 10.6 Å². The molecule has 1 saturated carbocycles. The first-order chi connectivity index (χ1) is 14.3. The van der Waals surface area contributed by atoms with E-state index in [2.05, 4.69) is 10.6 Å². The number of amides is 1. The van der Waals surface area contributed by atoms with Gasteiger partial charge in [-0.25, -0.2) is 0 Å². The summed E-state index contributed by atoms with van der Waals surface area (Å²) in [5, 5.41) is 7.23. The Labute approximate surface area is 199 Å². The van der Waals surface area contributed by atoms with Crippen LogP contribution < -0.4 is 10.6 Å². The van der Waals surface area contributed by atoms with Crippen LogP contribution in [-0.4, -0.2) is 72.4 Å². The molecule has 1 aliphatic carbocycles. The van der Waals surface area contributed by atoms with E-state index >= 15 is 0 Å². The van der Waals surface area contributed by atoms with E-state index in [0.29, 0.717) is 35.0 Å². The van der Waals surface area contributed by atoms with Gasteiger partial charge < -0.3 is 15.4 Å². The molecule has 1 fully saturated rings. The first-order valence-electron chi connectivity index (χ1n) is 11.2. The van der Waals surface area contributed by atoms with Crippen LogP contribution in [-0.2, 0) is 14.4 Å². The summed E-state index contributed by atoms with van der Waals surface area (Å²) in [6.45, 7) is 12.6. The number of hydrogen-bond acceptors (Lipinski definition) is 6. The van der Waals surface area contributed by atoms with Crippen molar-refractivity contribution < 1.29 is 14.4 Å². The molecular weight excluding hydrogens is 426 g/mol. The standard InChI is InChI=1S/C22H39B2N2O3S2/c1-21(2,3)18(27)13-30-16-10-11-17(16)31-14-19(28)25-12-8-7-9-15(20(29)24-23)26-22(4,5)6/h15-17,26H,7-14H2,1-6H3,(H,25,28)/t15-,16?,17?/m0/s1. The van der Waals surface area contributed by atoms with E-state index in [1.165, 1.54) is 0 Å². The number of rotatable bonds is 14. The number of ketones is 1. The lowest BCUT2D eigenvalue weighted by atomic mass is 9.51. The normalized spacial score (nSPS) is 19.9. The molecule has 31 heavy (non-hydrogen) atoms. The Morgan fingerprint density at radius 2 is 1.58 bits per heavy atom. The minimum atomic E-state index is -0.283. The molecule has 1 rings (SSSR count). The van der Waals surface area contributed by atoms with Crippen LogP contribution >= 0.6 is 23.5 Å². The third-order valence-corrected chi connectivity index (χ3v) is 8.22. The van der Waals surface area contributed by atoms with E-state index in [0.717, 1.165) is 32.9 Å². The summed E-state index contributed by atoms with van der Waals surface area (Å²) in [5.74, 6) is 1.37. The fourth-order valence-electron chi connectivity index (χ4n) is 3.08. The molecule has 0 bridgehead atoms. The van der Waals surface area contributed by atoms with Gasteiger partial charge in [-0.2, -0.15) is 0 Å². The van der Waals surface area contributed by atoms with Crippen LogP contribution in [0.15, 0.2) is 0 Å². The molecule has 0 aliphatic heterocycles. The van der Waals surface area contributed by atoms with Crippen molar-refractivity contribution >= 4 is 55.8 Å². The maximum absolute atomic E-state index is 12.2. The number of unbranched alkanes of at least 4 members (excludes halogenated alkanes) is 1. The van der Waals surface area contributed by atoms with Crippen molar-refractivity contribution in [1.29, 1.82) is 0 Å².